The van der Waals surface area contributed by atoms with E-state index in [2.05, 4.69) is 134 Å². The zero-order chi connectivity index (χ0) is 23.3. The number of benzene rings is 4. The van der Waals surface area contributed by atoms with Gasteiger partial charge in [0.25, 0.3) is 0 Å². The van der Waals surface area contributed by atoms with Crippen LogP contribution in [0.25, 0.3) is 0 Å². The first-order chi connectivity index (χ1) is 16.3. The number of hydrogen-bond donors (Lipinski definition) is 0. The molecule has 0 radical (unpaired) electrons. The van der Waals surface area contributed by atoms with Gasteiger partial charge in [-0.1, -0.05) is 134 Å². The molecular weight excluding hydrogens is 528 g/mol. The number of allylic oxidation sites excluding steroid dienone is 1. The Bertz CT molecular complexity index is 928. The van der Waals surface area contributed by atoms with E-state index in [4.69, 9.17) is 20.4 Å². The molecule has 0 heterocycles. The fourth-order valence-electron chi connectivity index (χ4n) is 3.60. The van der Waals surface area contributed by atoms with Crippen molar-refractivity contribution in [2.24, 2.45) is 0 Å². The van der Waals surface area contributed by atoms with Crippen LogP contribution in [0.15, 0.2) is 132 Å². The van der Waals surface area contributed by atoms with Crippen molar-refractivity contribution in [2.45, 2.75) is 13.3 Å². The van der Waals surface area contributed by atoms with Crippen molar-refractivity contribution in [3.63, 3.8) is 0 Å². The van der Waals surface area contributed by atoms with Crippen molar-refractivity contribution >= 4 is 57.4 Å². The van der Waals surface area contributed by atoms with E-state index in [1.807, 2.05) is 0 Å². The molecule has 0 saturated carbocycles. The molecular formula is C28H26Cl2NiP2. The summed E-state index contributed by atoms with van der Waals surface area (Å²) in [5.41, 5.74) is 0. The van der Waals surface area contributed by atoms with Crippen LogP contribution in [0.2, 0.25) is 0 Å². The van der Waals surface area contributed by atoms with Gasteiger partial charge in [0.2, 0.25) is 0 Å². The summed E-state index contributed by atoms with van der Waals surface area (Å²) in [5, 5.41) is 7.23. The van der Waals surface area contributed by atoms with Crippen LogP contribution in [0.4, 0.5) is 0 Å². The number of hydrogen-bond acceptors (Lipinski definition) is 0. The second-order valence-electron chi connectivity index (χ2n) is 7.03. The quantitative estimate of drug-likeness (QED) is 0.161. The molecule has 4 rings (SSSR count). The van der Waals surface area contributed by atoms with Gasteiger partial charge in [0.1, 0.15) is 0 Å². The minimum absolute atomic E-state index is 0.569. The Kier molecular flexibility index (Phi) is 11.7. The van der Waals surface area contributed by atoms with Crippen LogP contribution in [0.5, 0.6) is 0 Å². The van der Waals surface area contributed by atoms with Crippen LogP contribution in [0, 0.1) is 0 Å². The first-order valence-electron chi connectivity index (χ1n) is 10.6. The summed E-state index contributed by atoms with van der Waals surface area (Å²) in [6.45, 7) is 2.26. The Labute approximate surface area is 214 Å². The van der Waals surface area contributed by atoms with Crippen molar-refractivity contribution in [3.05, 3.63) is 132 Å². The molecule has 0 saturated heterocycles. The van der Waals surface area contributed by atoms with Crippen molar-refractivity contribution in [1.82, 2.24) is 0 Å². The van der Waals surface area contributed by atoms with Crippen LogP contribution < -0.4 is 21.2 Å². The SMILES string of the molecule is CCC=C(P(c1ccccc1)c1ccccc1)P(c1ccccc1)c1ccccc1.[Cl][Ni][Cl]. The topological polar surface area (TPSA) is 0 Å². The maximum atomic E-state index is 4.70. The first kappa shape index (κ1) is 26.2. The molecule has 0 atom stereocenters. The van der Waals surface area contributed by atoms with Crippen LogP contribution in [0.3, 0.4) is 0 Å². The normalized spacial score (nSPS) is 10.6. The molecule has 0 unspecified atom stereocenters. The molecule has 4 aromatic rings. The number of halogens is 2. The maximum absolute atomic E-state index is 4.70. The molecule has 0 fully saturated rings. The molecule has 0 spiro atoms. The second kappa shape index (κ2) is 14.7. The summed E-state index contributed by atoms with van der Waals surface area (Å²) in [7, 11) is 8.17. The van der Waals surface area contributed by atoms with Gasteiger partial charge in [0.05, 0.1) is 0 Å². The van der Waals surface area contributed by atoms with E-state index < -0.39 is 15.8 Å². The zero-order valence-electron chi connectivity index (χ0n) is 18.3. The molecule has 172 valence electrons. The van der Waals surface area contributed by atoms with Crippen LogP contribution in [-0.2, 0) is 12.7 Å². The van der Waals surface area contributed by atoms with E-state index in [0.29, 0.717) is 12.7 Å². The van der Waals surface area contributed by atoms with Crippen molar-refractivity contribution in [1.29, 1.82) is 0 Å². The minimum atomic E-state index is -0.617. The van der Waals surface area contributed by atoms with Gasteiger partial charge in [0.15, 0.2) is 0 Å². The predicted molar refractivity (Wildman–Crippen MR) is 148 cm³/mol. The summed E-state index contributed by atoms with van der Waals surface area (Å²) in [5.74, 6) is 0. The molecule has 33 heavy (non-hydrogen) atoms. The van der Waals surface area contributed by atoms with Gasteiger partial charge in [-0.3, -0.25) is 0 Å². The van der Waals surface area contributed by atoms with Crippen LogP contribution in [-0.4, -0.2) is 0 Å². The predicted octanol–water partition coefficient (Wildman–Crippen LogP) is 7.88. The van der Waals surface area contributed by atoms with Gasteiger partial charge in [-0.2, -0.15) is 0 Å². The fraction of sp³-hybridized carbons (Fsp3) is 0.0714. The van der Waals surface area contributed by atoms with Crippen molar-refractivity contribution in [3.8, 4) is 0 Å². The molecule has 0 N–H and O–H groups in total. The van der Waals surface area contributed by atoms with Gasteiger partial charge in [-0.05, 0) is 48.5 Å². The third-order valence-corrected chi connectivity index (χ3v) is 10.6. The summed E-state index contributed by atoms with van der Waals surface area (Å²) in [4.78, 5) is 0. The van der Waals surface area contributed by atoms with Crippen molar-refractivity contribution in [2.75, 3.05) is 0 Å². The first-order valence-corrected chi connectivity index (χ1v) is 16.0. The van der Waals surface area contributed by atoms with Gasteiger partial charge >= 0.3 is 33.0 Å². The van der Waals surface area contributed by atoms with E-state index in [1.54, 1.807) is 5.06 Å². The molecule has 0 bridgehead atoms. The summed E-state index contributed by atoms with van der Waals surface area (Å²) >= 11 is 0.569. The third-order valence-electron chi connectivity index (χ3n) is 4.90. The van der Waals surface area contributed by atoms with Crippen LogP contribution in [0.1, 0.15) is 13.3 Å². The molecule has 0 aromatic heterocycles. The van der Waals surface area contributed by atoms with Gasteiger partial charge in [-0.15, -0.1) is 0 Å². The average molecular weight is 554 g/mol. The molecule has 0 aliphatic rings. The Hall–Kier alpha value is -1.45. The van der Waals surface area contributed by atoms with Gasteiger partial charge < -0.3 is 0 Å². The summed E-state index contributed by atoms with van der Waals surface area (Å²) in [6, 6.07) is 44.2. The zero-order valence-corrected chi connectivity index (χ0v) is 22.6. The van der Waals surface area contributed by atoms with E-state index >= 15 is 0 Å². The molecule has 0 nitrogen and oxygen atoms in total. The number of rotatable bonds is 7. The Morgan fingerprint density at radius 1 is 0.576 bits per heavy atom. The monoisotopic (exact) mass is 552 g/mol. The van der Waals surface area contributed by atoms with Crippen LogP contribution >= 0.6 is 36.2 Å². The molecule has 0 aliphatic heterocycles. The molecule has 4 aromatic carbocycles. The van der Waals surface area contributed by atoms with Crippen molar-refractivity contribution < 1.29 is 12.7 Å². The standard InChI is InChI=1S/C28H26P2.2ClH.Ni/c1-2-15-28(29(24-16-7-3-8-17-24)25-18-9-4-10-19-25)30(26-20-11-5-12-21-26)27-22-13-6-14-23-27;;;/h3-23H,2H2,1H3;2*1H;/q;;;+2/p-2. The van der Waals surface area contributed by atoms with E-state index in [9.17, 15) is 0 Å². The van der Waals surface area contributed by atoms with E-state index in [1.165, 1.54) is 21.2 Å². The Morgan fingerprint density at radius 2 is 0.818 bits per heavy atom. The van der Waals surface area contributed by atoms with Gasteiger partial charge in [-0.25, -0.2) is 0 Å². The Morgan fingerprint density at radius 3 is 1.03 bits per heavy atom. The second-order valence-corrected chi connectivity index (χ2v) is 13.4. The van der Waals surface area contributed by atoms with E-state index in [-0.39, 0.29) is 0 Å². The molecule has 0 amide bonds. The average Bonchev–Trinajstić information content (AvgIpc) is 2.88. The summed E-state index contributed by atoms with van der Waals surface area (Å²) in [6.07, 6.45) is 3.53. The fourth-order valence-corrected chi connectivity index (χ4v) is 10.1. The Balaban J connectivity index is 0.000000968. The third kappa shape index (κ3) is 7.52. The molecule has 5 heteroatoms. The van der Waals surface area contributed by atoms with Gasteiger partial charge in [0, 0.05) is 0 Å². The molecule has 0 aliphatic carbocycles. The van der Waals surface area contributed by atoms with E-state index in [0.717, 1.165) is 6.42 Å². The summed E-state index contributed by atoms with van der Waals surface area (Å²) < 4.78 is 0.